The number of hydrogen-bond donors (Lipinski definition) is 3. The zero-order valence-corrected chi connectivity index (χ0v) is 9.02. The lowest BCUT2D eigenvalue weighted by Crippen LogP contribution is -2.45. The smallest absolute Gasteiger partial charge is 0.321 e. The Morgan fingerprint density at radius 3 is 2.38 bits per heavy atom. The summed E-state index contributed by atoms with van der Waals surface area (Å²) in [4.78, 5) is 34.3. The second-order valence-corrected chi connectivity index (χ2v) is 3.66. The Hall–Kier alpha value is -1.63. The summed E-state index contributed by atoms with van der Waals surface area (Å²) in [6.07, 6.45) is 1.81. The van der Waals surface area contributed by atoms with Crippen LogP contribution < -0.4 is 10.6 Å². The van der Waals surface area contributed by atoms with Crippen molar-refractivity contribution in [1.29, 1.82) is 0 Å². The van der Waals surface area contributed by atoms with E-state index in [-0.39, 0.29) is 19.1 Å². The van der Waals surface area contributed by atoms with Crippen molar-refractivity contribution in [2.75, 3.05) is 20.1 Å². The molecule has 3 amide bonds. The highest BCUT2D eigenvalue weighted by Gasteiger charge is 2.31. The van der Waals surface area contributed by atoms with Gasteiger partial charge in [0.15, 0.2) is 0 Å². The van der Waals surface area contributed by atoms with Gasteiger partial charge in [-0.1, -0.05) is 0 Å². The molecule has 0 unspecified atom stereocenters. The molecule has 0 atom stereocenters. The highest BCUT2D eigenvalue weighted by atomic mass is 16.4. The van der Waals surface area contributed by atoms with Gasteiger partial charge in [-0.2, -0.15) is 0 Å². The maximum absolute atomic E-state index is 11.3. The SMILES string of the molecule is CNC(=O)NC(=O)CN(CC(=O)O)C1CC1. The molecule has 1 aliphatic carbocycles. The quantitative estimate of drug-likeness (QED) is 0.561. The molecule has 0 aromatic carbocycles. The summed E-state index contributed by atoms with van der Waals surface area (Å²) in [5.74, 6) is -1.47. The molecule has 0 radical (unpaired) electrons. The number of amides is 3. The Labute approximate surface area is 92.8 Å². The second kappa shape index (κ2) is 5.45. The van der Waals surface area contributed by atoms with E-state index in [1.165, 1.54) is 7.05 Å². The van der Waals surface area contributed by atoms with Crippen molar-refractivity contribution in [3.63, 3.8) is 0 Å². The third-order valence-corrected chi connectivity index (χ3v) is 2.23. The Balaban J connectivity index is 2.38. The highest BCUT2D eigenvalue weighted by molar-refractivity contribution is 5.95. The van der Waals surface area contributed by atoms with E-state index in [1.54, 1.807) is 4.90 Å². The minimum absolute atomic E-state index is 0.0651. The van der Waals surface area contributed by atoms with Crippen LogP contribution >= 0.6 is 0 Å². The zero-order chi connectivity index (χ0) is 12.1. The lowest BCUT2D eigenvalue weighted by atomic mass is 10.4. The maximum atomic E-state index is 11.3. The molecule has 1 aliphatic rings. The minimum atomic E-state index is -0.973. The van der Waals surface area contributed by atoms with Gasteiger partial charge >= 0.3 is 12.0 Å². The molecule has 7 heteroatoms. The molecule has 0 saturated heterocycles. The van der Waals surface area contributed by atoms with Crippen molar-refractivity contribution in [1.82, 2.24) is 15.5 Å². The Morgan fingerprint density at radius 1 is 1.31 bits per heavy atom. The number of carbonyl (C=O) groups is 3. The first-order valence-corrected chi connectivity index (χ1v) is 5.00. The van der Waals surface area contributed by atoms with Crippen LogP contribution in [0.3, 0.4) is 0 Å². The van der Waals surface area contributed by atoms with Gasteiger partial charge < -0.3 is 10.4 Å². The summed E-state index contributed by atoms with van der Waals surface area (Å²) in [5, 5.41) is 13.0. The van der Waals surface area contributed by atoms with Crippen LogP contribution in [0.2, 0.25) is 0 Å². The van der Waals surface area contributed by atoms with Crippen molar-refractivity contribution in [3.05, 3.63) is 0 Å². The second-order valence-electron chi connectivity index (χ2n) is 3.66. The summed E-state index contributed by atoms with van der Waals surface area (Å²) >= 11 is 0. The summed E-state index contributed by atoms with van der Waals surface area (Å²) < 4.78 is 0. The summed E-state index contributed by atoms with van der Waals surface area (Å²) in [5.41, 5.74) is 0. The zero-order valence-electron chi connectivity index (χ0n) is 9.02. The number of nitrogens with zero attached hydrogens (tertiary/aromatic N) is 1. The number of carboxylic acid groups (broad SMARTS) is 1. The van der Waals surface area contributed by atoms with Crippen LogP contribution in [-0.4, -0.2) is 54.1 Å². The minimum Gasteiger partial charge on any atom is -0.480 e. The molecule has 7 nitrogen and oxygen atoms in total. The van der Waals surface area contributed by atoms with Crippen molar-refractivity contribution in [2.24, 2.45) is 0 Å². The fourth-order valence-electron chi connectivity index (χ4n) is 1.34. The van der Waals surface area contributed by atoms with E-state index in [9.17, 15) is 14.4 Å². The Morgan fingerprint density at radius 2 is 1.94 bits per heavy atom. The highest BCUT2D eigenvalue weighted by Crippen LogP contribution is 2.26. The van der Waals surface area contributed by atoms with Crippen molar-refractivity contribution in [3.8, 4) is 0 Å². The van der Waals surface area contributed by atoms with Crippen molar-refractivity contribution < 1.29 is 19.5 Å². The van der Waals surface area contributed by atoms with Crippen molar-refractivity contribution >= 4 is 17.9 Å². The molecule has 1 rings (SSSR count). The first kappa shape index (κ1) is 12.4. The monoisotopic (exact) mass is 229 g/mol. The molecular weight excluding hydrogens is 214 g/mol. The molecule has 0 aromatic heterocycles. The van der Waals surface area contributed by atoms with E-state index in [2.05, 4.69) is 10.6 Å². The number of nitrogens with one attached hydrogen (secondary N) is 2. The topological polar surface area (TPSA) is 98.7 Å². The standard InChI is InChI=1S/C9H15N3O4/c1-10-9(16)11-7(13)4-12(5-8(14)15)6-2-3-6/h6H,2-5H2,1H3,(H,14,15)(H2,10,11,13,16). The number of imide groups is 1. The van der Waals surface area contributed by atoms with Gasteiger partial charge in [0.25, 0.3) is 0 Å². The number of urea groups is 1. The third-order valence-electron chi connectivity index (χ3n) is 2.23. The molecule has 90 valence electrons. The predicted molar refractivity (Wildman–Crippen MR) is 54.8 cm³/mol. The molecule has 0 aliphatic heterocycles. The fraction of sp³-hybridized carbons (Fsp3) is 0.667. The van der Waals surface area contributed by atoms with E-state index in [4.69, 9.17) is 5.11 Å². The number of hydrogen-bond acceptors (Lipinski definition) is 4. The molecule has 0 spiro atoms. The van der Waals surface area contributed by atoms with E-state index < -0.39 is 17.9 Å². The van der Waals surface area contributed by atoms with Crippen LogP contribution in [-0.2, 0) is 9.59 Å². The lowest BCUT2D eigenvalue weighted by Gasteiger charge is -2.18. The van der Waals surface area contributed by atoms with Gasteiger partial charge in [-0.15, -0.1) is 0 Å². The molecule has 3 N–H and O–H groups in total. The fourth-order valence-corrected chi connectivity index (χ4v) is 1.34. The van der Waals surface area contributed by atoms with Gasteiger partial charge in [-0.05, 0) is 12.8 Å². The van der Waals surface area contributed by atoms with E-state index in [0.29, 0.717) is 0 Å². The van der Waals surface area contributed by atoms with Gasteiger partial charge in [0.2, 0.25) is 5.91 Å². The molecular formula is C9H15N3O4. The summed E-state index contributed by atoms with van der Waals surface area (Å²) in [7, 11) is 1.40. The maximum Gasteiger partial charge on any atom is 0.321 e. The molecule has 1 saturated carbocycles. The first-order chi connectivity index (χ1) is 7.52. The molecule has 1 fully saturated rings. The number of aliphatic carboxylic acids is 1. The average Bonchev–Trinajstić information content (AvgIpc) is 2.98. The number of carboxylic acids is 1. The van der Waals surface area contributed by atoms with Gasteiger partial charge in [0, 0.05) is 13.1 Å². The number of carbonyl (C=O) groups excluding carboxylic acids is 2. The number of rotatable bonds is 5. The van der Waals surface area contributed by atoms with Crippen LogP contribution in [0.15, 0.2) is 0 Å². The van der Waals surface area contributed by atoms with Gasteiger partial charge in [0.1, 0.15) is 0 Å². The van der Waals surface area contributed by atoms with E-state index >= 15 is 0 Å². The largest absolute Gasteiger partial charge is 0.480 e. The Bertz CT molecular complexity index is 301. The van der Waals surface area contributed by atoms with Gasteiger partial charge in [-0.25, -0.2) is 4.79 Å². The normalized spacial score (nSPS) is 14.6. The van der Waals surface area contributed by atoms with E-state index in [1.807, 2.05) is 0 Å². The first-order valence-electron chi connectivity index (χ1n) is 5.00. The van der Waals surface area contributed by atoms with E-state index in [0.717, 1.165) is 12.8 Å². The molecule has 0 heterocycles. The lowest BCUT2D eigenvalue weighted by molar-refractivity contribution is -0.138. The van der Waals surface area contributed by atoms with Crippen molar-refractivity contribution in [2.45, 2.75) is 18.9 Å². The summed E-state index contributed by atoms with van der Waals surface area (Å²) in [6.45, 7) is -0.240. The predicted octanol–water partition coefficient (Wildman–Crippen LogP) is -1.01. The van der Waals surface area contributed by atoms with Crippen LogP contribution in [0.25, 0.3) is 0 Å². The van der Waals surface area contributed by atoms with Crippen LogP contribution in [0.1, 0.15) is 12.8 Å². The van der Waals surface area contributed by atoms with Gasteiger partial charge in [-0.3, -0.25) is 19.8 Å². The van der Waals surface area contributed by atoms with Crippen LogP contribution in [0, 0.1) is 0 Å². The third kappa shape index (κ3) is 4.26. The van der Waals surface area contributed by atoms with Gasteiger partial charge in [0.05, 0.1) is 13.1 Å². The molecule has 0 bridgehead atoms. The average molecular weight is 229 g/mol. The summed E-state index contributed by atoms with van der Waals surface area (Å²) in [6, 6.07) is -0.428. The van der Waals surface area contributed by atoms with Crippen LogP contribution in [0.4, 0.5) is 4.79 Å². The molecule has 16 heavy (non-hydrogen) atoms. The Kier molecular flexibility index (Phi) is 4.24. The molecule has 0 aromatic rings. The van der Waals surface area contributed by atoms with Crippen LogP contribution in [0.5, 0.6) is 0 Å².